The van der Waals surface area contributed by atoms with Crippen molar-refractivity contribution in [1.82, 2.24) is 5.32 Å². The summed E-state index contributed by atoms with van der Waals surface area (Å²) in [5.41, 5.74) is 2.30. The van der Waals surface area contributed by atoms with Crippen LogP contribution in [0.4, 0.5) is 0 Å². The van der Waals surface area contributed by atoms with Crippen molar-refractivity contribution in [3.63, 3.8) is 0 Å². The molecule has 1 rings (SSSR count). The summed E-state index contributed by atoms with van der Waals surface area (Å²) in [5.74, 6) is -0.0806. The Kier molecular flexibility index (Phi) is 6.22. The first-order chi connectivity index (χ1) is 8.11. The molecule has 0 radical (unpaired) electrons. The van der Waals surface area contributed by atoms with Gasteiger partial charge in [-0.3, -0.25) is 4.79 Å². The van der Waals surface area contributed by atoms with Crippen molar-refractivity contribution in [2.75, 3.05) is 6.61 Å². The van der Waals surface area contributed by atoms with E-state index in [0.717, 1.165) is 10.9 Å². The number of amides is 1. The maximum absolute atomic E-state index is 11.4. The Hall–Kier alpha value is -0.870. The molecule has 94 valence electrons. The molecule has 1 aromatic rings. The molecule has 0 aromatic heterocycles. The monoisotopic (exact) mass is 299 g/mol. The minimum Gasteiger partial charge on any atom is -0.369 e. The second kappa shape index (κ2) is 7.45. The highest BCUT2D eigenvalue weighted by atomic mass is 79.9. The van der Waals surface area contributed by atoms with Crippen LogP contribution in [0.5, 0.6) is 0 Å². The van der Waals surface area contributed by atoms with Crippen molar-refractivity contribution < 1.29 is 9.53 Å². The maximum atomic E-state index is 11.4. The quantitative estimate of drug-likeness (QED) is 0.820. The lowest BCUT2D eigenvalue weighted by Gasteiger charge is -2.09. The molecule has 0 bridgehead atoms. The Morgan fingerprint density at radius 2 is 2.12 bits per heavy atom. The number of carbonyl (C=O) groups excluding carboxylic acids is 1. The fourth-order valence-electron chi connectivity index (χ4n) is 1.32. The smallest absolute Gasteiger partial charge is 0.246 e. The number of rotatable bonds is 6. The highest BCUT2D eigenvalue weighted by Gasteiger charge is 2.03. The highest BCUT2D eigenvalue weighted by Crippen LogP contribution is 2.08. The molecule has 1 N–H and O–H groups in total. The van der Waals surface area contributed by atoms with Crippen LogP contribution in [0.25, 0.3) is 0 Å². The predicted octanol–water partition coefficient (Wildman–Crippen LogP) is 2.62. The molecule has 0 atom stereocenters. The number of carbonyl (C=O) groups is 1. The Balaban J connectivity index is 2.36. The van der Waals surface area contributed by atoms with Crippen molar-refractivity contribution in [3.05, 3.63) is 35.4 Å². The lowest BCUT2D eigenvalue weighted by molar-refractivity contribution is -0.127. The SMILES string of the molecule is CC(C)OCC(=O)NCc1cccc(CBr)c1. The van der Waals surface area contributed by atoms with E-state index in [-0.39, 0.29) is 18.6 Å². The molecule has 0 aliphatic rings. The summed E-state index contributed by atoms with van der Waals surface area (Å²) in [5, 5.41) is 3.65. The van der Waals surface area contributed by atoms with Crippen LogP contribution in [0.3, 0.4) is 0 Å². The Morgan fingerprint density at radius 3 is 2.76 bits per heavy atom. The summed E-state index contributed by atoms with van der Waals surface area (Å²) in [6.07, 6.45) is 0.0810. The third-order valence-electron chi connectivity index (χ3n) is 2.18. The van der Waals surface area contributed by atoms with Gasteiger partial charge >= 0.3 is 0 Å². The molecule has 0 aliphatic heterocycles. The van der Waals surface area contributed by atoms with Crippen LogP contribution in [0.2, 0.25) is 0 Å². The normalized spacial score (nSPS) is 10.6. The number of ether oxygens (including phenoxy) is 1. The number of halogens is 1. The molecule has 1 amide bonds. The van der Waals surface area contributed by atoms with Crippen molar-refractivity contribution in [2.24, 2.45) is 0 Å². The molecule has 4 heteroatoms. The van der Waals surface area contributed by atoms with E-state index in [2.05, 4.69) is 27.3 Å². The van der Waals surface area contributed by atoms with E-state index in [1.165, 1.54) is 5.56 Å². The van der Waals surface area contributed by atoms with Crippen LogP contribution in [-0.4, -0.2) is 18.6 Å². The van der Waals surface area contributed by atoms with Crippen LogP contribution >= 0.6 is 15.9 Å². The third kappa shape index (κ3) is 5.84. The number of alkyl halides is 1. The van der Waals surface area contributed by atoms with Crippen molar-refractivity contribution >= 4 is 21.8 Å². The van der Waals surface area contributed by atoms with Crippen LogP contribution in [0.1, 0.15) is 25.0 Å². The highest BCUT2D eigenvalue weighted by molar-refractivity contribution is 9.08. The van der Waals surface area contributed by atoms with Crippen molar-refractivity contribution in [1.29, 1.82) is 0 Å². The fourth-order valence-corrected chi connectivity index (χ4v) is 1.67. The average molecular weight is 300 g/mol. The molecule has 0 saturated carbocycles. The summed E-state index contributed by atoms with van der Waals surface area (Å²) in [4.78, 5) is 11.4. The van der Waals surface area contributed by atoms with Gasteiger partial charge in [0, 0.05) is 11.9 Å². The summed E-state index contributed by atoms with van der Waals surface area (Å²) in [7, 11) is 0. The standard InChI is InChI=1S/C13H18BrNO2/c1-10(2)17-9-13(16)15-8-12-5-3-4-11(6-12)7-14/h3-6,10H,7-9H2,1-2H3,(H,15,16). The first-order valence-corrected chi connectivity index (χ1v) is 6.76. The molecule has 0 aliphatic carbocycles. The Labute approximate surface area is 111 Å². The third-order valence-corrected chi connectivity index (χ3v) is 2.83. The topological polar surface area (TPSA) is 38.3 Å². The van der Waals surface area contributed by atoms with Crippen LogP contribution in [0.15, 0.2) is 24.3 Å². The van der Waals surface area contributed by atoms with Gasteiger partial charge in [0.15, 0.2) is 0 Å². The van der Waals surface area contributed by atoms with Crippen molar-refractivity contribution in [2.45, 2.75) is 31.8 Å². The van der Waals surface area contributed by atoms with E-state index < -0.39 is 0 Å². The van der Waals surface area contributed by atoms with E-state index in [9.17, 15) is 4.79 Å². The summed E-state index contributed by atoms with van der Waals surface area (Å²) < 4.78 is 5.22. The van der Waals surface area contributed by atoms with E-state index in [1.807, 2.05) is 32.0 Å². The van der Waals surface area contributed by atoms with Gasteiger partial charge in [-0.2, -0.15) is 0 Å². The van der Waals surface area contributed by atoms with E-state index in [1.54, 1.807) is 0 Å². The number of hydrogen-bond donors (Lipinski definition) is 1. The zero-order chi connectivity index (χ0) is 12.7. The first kappa shape index (κ1) is 14.2. The van der Waals surface area contributed by atoms with Gasteiger partial charge in [0.1, 0.15) is 6.61 Å². The van der Waals surface area contributed by atoms with Crippen LogP contribution in [-0.2, 0) is 21.4 Å². The predicted molar refractivity (Wildman–Crippen MR) is 72.0 cm³/mol. The molecule has 0 saturated heterocycles. The van der Waals surface area contributed by atoms with Gasteiger partial charge in [-0.25, -0.2) is 0 Å². The molecule has 1 aromatic carbocycles. The van der Waals surface area contributed by atoms with E-state index in [0.29, 0.717) is 6.54 Å². The van der Waals surface area contributed by atoms with Crippen LogP contribution in [0, 0.1) is 0 Å². The van der Waals surface area contributed by atoms with Gasteiger partial charge in [-0.05, 0) is 25.0 Å². The molecular weight excluding hydrogens is 282 g/mol. The molecular formula is C13H18BrNO2. The van der Waals surface area contributed by atoms with E-state index >= 15 is 0 Å². The summed E-state index contributed by atoms with van der Waals surface area (Å²) in [6, 6.07) is 8.10. The zero-order valence-electron chi connectivity index (χ0n) is 10.2. The van der Waals surface area contributed by atoms with Gasteiger partial charge in [-0.1, -0.05) is 40.2 Å². The number of benzene rings is 1. The minimum atomic E-state index is -0.0806. The summed E-state index contributed by atoms with van der Waals surface area (Å²) >= 11 is 3.41. The second-order valence-electron chi connectivity index (χ2n) is 4.09. The molecule has 0 fully saturated rings. The van der Waals surface area contributed by atoms with Crippen LogP contribution < -0.4 is 5.32 Å². The average Bonchev–Trinajstić information content (AvgIpc) is 2.34. The van der Waals surface area contributed by atoms with Crippen molar-refractivity contribution in [3.8, 4) is 0 Å². The van der Waals surface area contributed by atoms with Gasteiger partial charge in [0.05, 0.1) is 6.10 Å². The van der Waals surface area contributed by atoms with E-state index in [4.69, 9.17) is 4.74 Å². The lowest BCUT2D eigenvalue weighted by atomic mass is 10.1. The lowest BCUT2D eigenvalue weighted by Crippen LogP contribution is -2.28. The number of nitrogens with one attached hydrogen (secondary N) is 1. The summed E-state index contributed by atoms with van der Waals surface area (Å²) in [6.45, 7) is 4.48. The largest absolute Gasteiger partial charge is 0.369 e. The molecule has 17 heavy (non-hydrogen) atoms. The Bertz CT molecular complexity index is 366. The molecule has 0 heterocycles. The van der Waals surface area contributed by atoms with Gasteiger partial charge in [0.2, 0.25) is 5.91 Å². The molecule has 3 nitrogen and oxygen atoms in total. The maximum Gasteiger partial charge on any atom is 0.246 e. The zero-order valence-corrected chi connectivity index (χ0v) is 11.8. The second-order valence-corrected chi connectivity index (χ2v) is 4.65. The van der Waals surface area contributed by atoms with Gasteiger partial charge in [0.25, 0.3) is 0 Å². The van der Waals surface area contributed by atoms with Gasteiger partial charge in [-0.15, -0.1) is 0 Å². The number of hydrogen-bond acceptors (Lipinski definition) is 2. The first-order valence-electron chi connectivity index (χ1n) is 5.64. The van der Waals surface area contributed by atoms with Gasteiger partial charge < -0.3 is 10.1 Å². The fraction of sp³-hybridized carbons (Fsp3) is 0.462. The molecule has 0 spiro atoms. The molecule has 0 unspecified atom stereocenters. The Morgan fingerprint density at radius 1 is 1.41 bits per heavy atom. The minimum absolute atomic E-state index is 0.0806.